The van der Waals surface area contributed by atoms with E-state index in [9.17, 15) is 4.79 Å². The first-order valence-corrected chi connectivity index (χ1v) is 7.64. The van der Waals surface area contributed by atoms with Crippen LogP contribution < -0.4 is 10.6 Å². The van der Waals surface area contributed by atoms with E-state index in [0.717, 1.165) is 18.4 Å². The number of rotatable bonds is 2. The third kappa shape index (κ3) is 2.64. The third-order valence-corrected chi connectivity index (χ3v) is 4.06. The number of halogens is 1. The van der Waals surface area contributed by atoms with E-state index < -0.39 is 5.54 Å². The Kier molecular flexibility index (Phi) is 3.24. The lowest BCUT2D eigenvalue weighted by Gasteiger charge is -2.23. The van der Waals surface area contributed by atoms with Crippen molar-refractivity contribution in [2.75, 3.05) is 0 Å². The molecule has 0 aromatic heterocycles. The van der Waals surface area contributed by atoms with Gasteiger partial charge in [0.15, 0.2) is 11.5 Å². The van der Waals surface area contributed by atoms with Crippen molar-refractivity contribution in [2.45, 2.75) is 44.7 Å². The summed E-state index contributed by atoms with van der Waals surface area (Å²) in [6.07, 6.45) is 2.06. The fourth-order valence-corrected chi connectivity index (χ4v) is 2.91. The van der Waals surface area contributed by atoms with Crippen LogP contribution in [0, 0.1) is 5.92 Å². The molecule has 3 rings (SSSR count). The van der Waals surface area contributed by atoms with Crippen molar-refractivity contribution >= 4 is 23.5 Å². The Morgan fingerprint density at radius 2 is 1.90 bits per heavy atom. The van der Waals surface area contributed by atoms with Gasteiger partial charge in [0.05, 0.1) is 0 Å². The summed E-state index contributed by atoms with van der Waals surface area (Å²) in [5.74, 6) is 0.798. The Hall–Kier alpha value is -1.55. The average molecular weight is 306 g/mol. The zero-order valence-electron chi connectivity index (χ0n) is 12.5. The van der Waals surface area contributed by atoms with Crippen LogP contribution >= 0.6 is 11.6 Å². The second-order valence-corrected chi connectivity index (χ2v) is 7.27. The van der Waals surface area contributed by atoms with E-state index in [2.05, 4.69) is 10.6 Å². The van der Waals surface area contributed by atoms with Gasteiger partial charge >= 0.3 is 0 Å². The van der Waals surface area contributed by atoms with Crippen molar-refractivity contribution in [3.8, 4) is 0 Å². The predicted octanol–water partition coefficient (Wildman–Crippen LogP) is 2.82. The second kappa shape index (κ2) is 4.73. The molecule has 1 aliphatic heterocycles. The van der Waals surface area contributed by atoms with Gasteiger partial charge in [-0.1, -0.05) is 23.7 Å². The number of hydrogen-bond donors (Lipinski definition) is 2. The first kappa shape index (κ1) is 14.4. The molecule has 1 aliphatic carbocycles. The van der Waals surface area contributed by atoms with Crippen LogP contribution in [-0.4, -0.2) is 17.4 Å². The smallest absolute Gasteiger partial charge is 0.259 e. The van der Waals surface area contributed by atoms with Crippen molar-refractivity contribution in [2.24, 2.45) is 10.9 Å². The van der Waals surface area contributed by atoms with Gasteiger partial charge in [0.2, 0.25) is 0 Å². The molecule has 1 aromatic rings. The average Bonchev–Trinajstić information content (AvgIpc) is 3.15. The van der Waals surface area contributed by atoms with Crippen LogP contribution in [0.5, 0.6) is 0 Å². The van der Waals surface area contributed by atoms with Crippen molar-refractivity contribution in [3.05, 3.63) is 34.9 Å². The minimum Gasteiger partial charge on any atom is -0.351 e. The van der Waals surface area contributed by atoms with Gasteiger partial charge in [0.25, 0.3) is 5.91 Å². The van der Waals surface area contributed by atoms with Crippen LogP contribution in [-0.2, 0) is 10.3 Å². The molecule has 2 N–H and O–H groups in total. The van der Waals surface area contributed by atoms with Crippen molar-refractivity contribution < 1.29 is 4.79 Å². The summed E-state index contributed by atoms with van der Waals surface area (Å²) in [6, 6.07) is 7.45. The van der Waals surface area contributed by atoms with Crippen molar-refractivity contribution in [1.82, 2.24) is 10.6 Å². The highest BCUT2D eigenvalue weighted by atomic mass is 35.5. The summed E-state index contributed by atoms with van der Waals surface area (Å²) < 4.78 is 0. The number of nitrogens with zero attached hydrogens (tertiary/aromatic N) is 1. The summed E-state index contributed by atoms with van der Waals surface area (Å²) in [5.41, 5.74) is -0.0261. The molecule has 112 valence electrons. The molecule has 0 radical (unpaired) electrons. The Morgan fingerprint density at radius 1 is 1.29 bits per heavy atom. The van der Waals surface area contributed by atoms with E-state index in [0.29, 0.717) is 11.0 Å². The van der Waals surface area contributed by atoms with Gasteiger partial charge in [0.1, 0.15) is 0 Å². The van der Waals surface area contributed by atoms with Gasteiger partial charge < -0.3 is 5.32 Å². The summed E-state index contributed by atoms with van der Waals surface area (Å²) in [5, 5.41) is 6.83. The minimum absolute atomic E-state index is 0.0425. The maximum absolute atomic E-state index is 12.7. The van der Waals surface area contributed by atoms with E-state index in [4.69, 9.17) is 16.6 Å². The molecule has 1 amide bonds. The van der Waals surface area contributed by atoms with E-state index >= 15 is 0 Å². The van der Waals surface area contributed by atoms with Crippen LogP contribution in [0.1, 0.15) is 39.2 Å². The molecular weight excluding hydrogens is 286 g/mol. The molecule has 4 nitrogen and oxygen atoms in total. The van der Waals surface area contributed by atoms with Crippen LogP contribution in [0.25, 0.3) is 0 Å². The van der Waals surface area contributed by atoms with Crippen LogP contribution in [0.2, 0.25) is 5.02 Å². The van der Waals surface area contributed by atoms with Gasteiger partial charge in [-0.15, -0.1) is 0 Å². The third-order valence-electron chi connectivity index (χ3n) is 3.81. The van der Waals surface area contributed by atoms with E-state index in [1.807, 2.05) is 45.0 Å². The molecule has 1 fully saturated rings. The summed E-state index contributed by atoms with van der Waals surface area (Å²) >= 11 is 5.96. The van der Waals surface area contributed by atoms with Crippen molar-refractivity contribution in [1.29, 1.82) is 0 Å². The Bertz CT molecular complexity index is 599. The lowest BCUT2D eigenvalue weighted by Crippen LogP contribution is -2.47. The van der Waals surface area contributed by atoms with Gasteiger partial charge in [-0.2, -0.15) is 0 Å². The van der Waals surface area contributed by atoms with E-state index in [1.54, 1.807) is 0 Å². The topological polar surface area (TPSA) is 53.5 Å². The molecule has 2 aliphatic rings. The fourth-order valence-electron chi connectivity index (χ4n) is 2.79. The molecule has 0 bridgehead atoms. The summed E-state index contributed by atoms with van der Waals surface area (Å²) in [4.78, 5) is 17.4. The van der Waals surface area contributed by atoms with Crippen LogP contribution in [0.15, 0.2) is 29.3 Å². The quantitative estimate of drug-likeness (QED) is 0.883. The standard InChI is InChI=1S/C16H20ClN3O/c1-15(2,3)19-14-18-13(21)16(20-14,10-4-5-10)11-6-8-12(17)9-7-11/h6-10H,4-5H2,1-3H3,(H2,18,19,20,21). The Labute approximate surface area is 130 Å². The summed E-state index contributed by atoms with van der Waals surface area (Å²) in [7, 11) is 0. The van der Waals surface area contributed by atoms with Crippen LogP contribution in [0.3, 0.4) is 0 Å². The highest BCUT2D eigenvalue weighted by Gasteiger charge is 2.55. The van der Waals surface area contributed by atoms with Crippen molar-refractivity contribution in [3.63, 3.8) is 0 Å². The van der Waals surface area contributed by atoms with Crippen LogP contribution in [0.4, 0.5) is 0 Å². The molecule has 1 saturated carbocycles. The number of carbonyl (C=O) groups is 1. The highest BCUT2D eigenvalue weighted by molar-refractivity contribution is 6.30. The molecule has 0 spiro atoms. The van der Waals surface area contributed by atoms with Gasteiger partial charge in [-0.25, -0.2) is 4.99 Å². The monoisotopic (exact) mass is 305 g/mol. The molecule has 21 heavy (non-hydrogen) atoms. The number of hydrogen-bond acceptors (Lipinski definition) is 3. The van der Waals surface area contributed by atoms with Gasteiger partial charge in [0, 0.05) is 10.6 Å². The Morgan fingerprint density at radius 3 is 2.43 bits per heavy atom. The highest BCUT2D eigenvalue weighted by Crippen LogP contribution is 2.50. The maximum atomic E-state index is 12.7. The zero-order chi connectivity index (χ0) is 15.3. The number of nitrogens with one attached hydrogen (secondary N) is 2. The molecule has 5 heteroatoms. The lowest BCUT2D eigenvalue weighted by molar-refractivity contribution is -0.124. The van der Waals surface area contributed by atoms with E-state index in [1.165, 1.54) is 0 Å². The van der Waals surface area contributed by atoms with Gasteiger partial charge in [-0.05, 0) is 57.2 Å². The number of amides is 1. The number of aliphatic imine (C=N–C) groups is 1. The first-order valence-electron chi connectivity index (χ1n) is 7.27. The normalized spacial score (nSPS) is 25.5. The molecule has 0 saturated heterocycles. The molecule has 1 unspecified atom stereocenters. The minimum atomic E-state index is -0.793. The second-order valence-electron chi connectivity index (χ2n) is 6.84. The molecule has 1 heterocycles. The molecule has 1 atom stereocenters. The number of benzene rings is 1. The lowest BCUT2D eigenvalue weighted by atomic mass is 9.85. The zero-order valence-corrected chi connectivity index (χ0v) is 13.3. The largest absolute Gasteiger partial charge is 0.351 e. The molecule has 1 aromatic carbocycles. The number of guanidine groups is 1. The van der Waals surface area contributed by atoms with Gasteiger partial charge in [-0.3, -0.25) is 10.1 Å². The predicted molar refractivity (Wildman–Crippen MR) is 84.3 cm³/mol. The number of carbonyl (C=O) groups excluding carboxylic acids is 1. The van der Waals surface area contributed by atoms with E-state index in [-0.39, 0.29) is 17.4 Å². The first-order chi connectivity index (χ1) is 9.81. The Balaban J connectivity index is 2.01. The summed E-state index contributed by atoms with van der Waals surface area (Å²) in [6.45, 7) is 6.13. The molecular formula is C16H20ClN3O. The fraction of sp³-hybridized carbons (Fsp3) is 0.500. The SMILES string of the molecule is CC(C)(C)NC1=NC(c2ccc(Cl)cc2)(C2CC2)C(=O)N1. The maximum Gasteiger partial charge on any atom is 0.259 e.